The Morgan fingerprint density at radius 1 is 0.892 bits per heavy atom. The van der Waals surface area contributed by atoms with E-state index in [9.17, 15) is 21.6 Å². The molecule has 0 bridgehead atoms. The number of esters is 1. The van der Waals surface area contributed by atoms with Crippen molar-refractivity contribution < 1.29 is 26.4 Å². The van der Waals surface area contributed by atoms with E-state index >= 15 is 0 Å². The molecule has 1 aliphatic heterocycles. The molecule has 0 saturated heterocycles. The Balaban J connectivity index is 2.04. The van der Waals surface area contributed by atoms with Gasteiger partial charge in [0.05, 0.1) is 17.7 Å². The van der Waals surface area contributed by atoms with Gasteiger partial charge in [-0.2, -0.15) is 8.42 Å². The van der Waals surface area contributed by atoms with E-state index in [0.717, 1.165) is 12.7 Å². The molecule has 1 heterocycles. The molecule has 0 spiro atoms. The van der Waals surface area contributed by atoms with Crippen LogP contribution < -0.4 is 0 Å². The van der Waals surface area contributed by atoms with E-state index in [4.69, 9.17) is 39.5 Å². The molecular formula is C25H20Cl3NO6S2. The number of hydrogen-bond donors (Lipinski definition) is 0. The van der Waals surface area contributed by atoms with Crippen LogP contribution in [0.5, 0.6) is 0 Å². The third-order valence-corrected chi connectivity index (χ3v) is 11.7. The molecule has 37 heavy (non-hydrogen) atoms. The van der Waals surface area contributed by atoms with Crippen LogP contribution in [0, 0.1) is 6.92 Å². The summed E-state index contributed by atoms with van der Waals surface area (Å²) in [6.45, 7) is 1.74. The average molecular weight is 601 g/mol. The maximum absolute atomic E-state index is 14.0. The summed E-state index contributed by atoms with van der Waals surface area (Å²) in [4.78, 5) is 12.5. The maximum Gasteiger partial charge on any atom is 0.346 e. The highest BCUT2D eigenvalue weighted by Crippen LogP contribution is 2.47. The summed E-state index contributed by atoms with van der Waals surface area (Å²) in [6, 6.07) is 14.6. The molecule has 194 valence electrons. The monoisotopic (exact) mass is 599 g/mol. The van der Waals surface area contributed by atoms with Gasteiger partial charge in [-0.15, -0.1) is 0 Å². The highest BCUT2D eigenvalue weighted by atomic mass is 35.5. The molecule has 3 aromatic carbocycles. The summed E-state index contributed by atoms with van der Waals surface area (Å²) >= 11 is 18.6. The number of hydrogen-bond acceptors (Lipinski definition) is 6. The van der Waals surface area contributed by atoms with Gasteiger partial charge in [0.15, 0.2) is 0 Å². The molecule has 7 nitrogen and oxygen atoms in total. The van der Waals surface area contributed by atoms with Crippen LogP contribution in [0.15, 0.2) is 71.6 Å². The van der Waals surface area contributed by atoms with Crippen LogP contribution in [-0.4, -0.2) is 40.3 Å². The first-order chi connectivity index (χ1) is 17.4. The molecule has 0 fully saturated rings. The zero-order valence-electron chi connectivity index (χ0n) is 19.5. The van der Waals surface area contributed by atoms with Crippen molar-refractivity contribution >= 4 is 70.0 Å². The number of carbonyl (C=O) groups is 1. The number of nitrogens with zero attached hydrogens (tertiary/aromatic N) is 1. The Bertz CT molecular complexity index is 1620. The van der Waals surface area contributed by atoms with Crippen molar-refractivity contribution in [1.82, 2.24) is 4.31 Å². The van der Waals surface area contributed by atoms with Gasteiger partial charge in [0, 0.05) is 21.5 Å². The van der Waals surface area contributed by atoms with Crippen molar-refractivity contribution in [1.29, 1.82) is 0 Å². The Hall–Kier alpha value is -2.56. The van der Waals surface area contributed by atoms with E-state index in [-0.39, 0.29) is 17.1 Å². The third-order valence-electron chi connectivity index (χ3n) is 5.86. The first-order valence-electron chi connectivity index (χ1n) is 10.8. The minimum Gasteiger partial charge on any atom is -0.467 e. The lowest BCUT2D eigenvalue weighted by Crippen LogP contribution is -2.43. The van der Waals surface area contributed by atoms with Gasteiger partial charge < -0.3 is 4.74 Å². The Kier molecular flexibility index (Phi) is 7.65. The van der Waals surface area contributed by atoms with Gasteiger partial charge >= 0.3 is 23.9 Å². The predicted octanol–water partition coefficient (Wildman–Crippen LogP) is 5.79. The van der Waals surface area contributed by atoms with Gasteiger partial charge in [-0.25, -0.2) is 17.5 Å². The molecule has 0 amide bonds. The van der Waals surface area contributed by atoms with Gasteiger partial charge in [0.25, 0.3) is 0 Å². The smallest absolute Gasteiger partial charge is 0.346 e. The van der Waals surface area contributed by atoms with Crippen molar-refractivity contribution in [2.24, 2.45) is 0 Å². The first kappa shape index (κ1) is 27.5. The number of halogens is 3. The Labute approximate surface area is 229 Å². The summed E-state index contributed by atoms with van der Waals surface area (Å²) in [5.41, 5.74) is 1.72. The molecule has 4 rings (SSSR count). The fraction of sp³-hybridized carbons (Fsp3) is 0.160. The summed E-state index contributed by atoms with van der Waals surface area (Å²) in [7, 11) is -9.15. The number of aryl methyl sites for hydroxylation is 1. The lowest BCUT2D eigenvalue weighted by atomic mass is 9.98. The van der Waals surface area contributed by atoms with Crippen LogP contribution in [0.3, 0.4) is 0 Å². The second-order valence-corrected chi connectivity index (χ2v) is 14.7. The van der Waals surface area contributed by atoms with E-state index in [1.165, 1.54) is 54.6 Å². The van der Waals surface area contributed by atoms with E-state index in [2.05, 4.69) is 0 Å². The summed E-state index contributed by atoms with van der Waals surface area (Å²) < 4.78 is 60.5. The zero-order valence-corrected chi connectivity index (χ0v) is 23.4. The molecule has 0 aromatic heterocycles. The quantitative estimate of drug-likeness (QED) is 0.262. The van der Waals surface area contributed by atoms with Crippen molar-refractivity contribution in [3.8, 4) is 0 Å². The molecule has 12 heteroatoms. The summed E-state index contributed by atoms with van der Waals surface area (Å²) in [6.07, 6.45) is -0.200. The van der Waals surface area contributed by atoms with Crippen LogP contribution >= 0.6 is 34.8 Å². The molecule has 0 N–H and O–H groups in total. The minimum atomic E-state index is -5.23. The summed E-state index contributed by atoms with van der Waals surface area (Å²) in [5, 5.41) is 0.911. The molecule has 0 saturated carbocycles. The first-order valence-corrected chi connectivity index (χ1v) is 15.3. The number of methoxy groups -OCH3 is 1. The minimum absolute atomic E-state index is 0.0352. The number of carbonyl (C=O) groups excluding carboxylic acids is 1. The van der Waals surface area contributed by atoms with E-state index < -0.39 is 34.8 Å². The fourth-order valence-corrected chi connectivity index (χ4v) is 8.77. The van der Waals surface area contributed by atoms with Crippen LogP contribution in [0.4, 0.5) is 0 Å². The normalized spacial score (nSPS) is 16.2. The third kappa shape index (κ3) is 4.98. The second kappa shape index (κ2) is 10.3. The molecule has 0 aliphatic carbocycles. The fourth-order valence-electron chi connectivity index (χ4n) is 4.06. The highest BCUT2D eigenvalue weighted by molar-refractivity contribution is 8.66. The molecule has 1 atom stereocenters. The zero-order chi connectivity index (χ0) is 27.1. The molecule has 3 aromatic rings. The lowest BCUT2D eigenvalue weighted by Gasteiger charge is -2.27. The van der Waals surface area contributed by atoms with Crippen LogP contribution in [0.25, 0.3) is 11.3 Å². The maximum atomic E-state index is 14.0. The van der Waals surface area contributed by atoms with Gasteiger partial charge in [-0.05, 0) is 60.0 Å². The van der Waals surface area contributed by atoms with Crippen molar-refractivity contribution in [2.75, 3.05) is 7.11 Å². The van der Waals surface area contributed by atoms with E-state index in [0.29, 0.717) is 31.1 Å². The SMILES string of the molecule is COC(=O)C1CC(c2ccc(Cl)cc2Cl)=C(c2ccc(Cl)cc2)N1S(=O)(=O)S(=O)(=O)c1ccc(C)cc1. The Morgan fingerprint density at radius 2 is 1.49 bits per heavy atom. The highest BCUT2D eigenvalue weighted by Gasteiger charge is 2.50. The van der Waals surface area contributed by atoms with Crippen molar-refractivity contribution in [2.45, 2.75) is 24.3 Å². The van der Waals surface area contributed by atoms with Crippen LogP contribution in [0.2, 0.25) is 15.1 Å². The predicted molar refractivity (Wildman–Crippen MR) is 144 cm³/mol. The van der Waals surface area contributed by atoms with Crippen LogP contribution in [0.1, 0.15) is 23.1 Å². The topological polar surface area (TPSA) is 97.8 Å². The average Bonchev–Trinajstić information content (AvgIpc) is 3.25. The number of rotatable bonds is 6. The Morgan fingerprint density at radius 3 is 2.05 bits per heavy atom. The van der Waals surface area contributed by atoms with Crippen LogP contribution in [-0.2, 0) is 27.5 Å². The van der Waals surface area contributed by atoms with Crippen molar-refractivity contribution in [3.63, 3.8) is 0 Å². The molecule has 1 unspecified atom stereocenters. The van der Waals surface area contributed by atoms with E-state index in [1.807, 2.05) is 0 Å². The number of benzene rings is 3. The molecule has 0 radical (unpaired) electrons. The molecule has 1 aliphatic rings. The summed E-state index contributed by atoms with van der Waals surface area (Å²) in [5.74, 6) is -0.936. The second-order valence-electron chi connectivity index (χ2n) is 8.22. The van der Waals surface area contributed by atoms with Gasteiger partial charge in [0.2, 0.25) is 0 Å². The standard InChI is InChI=1S/C25H20Cl3NO6S2/c1-15-3-10-19(11-4-15)36(31,32)37(33,34)29-23(25(30)35-2)14-21(20-12-9-18(27)13-22(20)28)24(29)16-5-7-17(26)8-6-16/h3-13,23H,14H2,1-2H3. The van der Waals surface area contributed by atoms with Gasteiger partial charge in [-0.3, -0.25) is 0 Å². The van der Waals surface area contributed by atoms with E-state index in [1.54, 1.807) is 19.1 Å². The lowest BCUT2D eigenvalue weighted by molar-refractivity contribution is -0.143. The van der Waals surface area contributed by atoms with Gasteiger partial charge in [-0.1, -0.05) is 70.7 Å². The van der Waals surface area contributed by atoms with Gasteiger partial charge in [0.1, 0.15) is 6.04 Å². The molecular weight excluding hydrogens is 581 g/mol. The largest absolute Gasteiger partial charge is 0.467 e. The number of ether oxygens (including phenoxy) is 1. The van der Waals surface area contributed by atoms with Crippen molar-refractivity contribution in [3.05, 3.63) is 98.5 Å².